The number of nitrogens with zero attached hydrogens (tertiary/aromatic N) is 1. The molecule has 2 unspecified atom stereocenters. The van der Waals surface area contributed by atoms with Crippen LogP contribution < -0.4 is 5.32 Å². The van der Waals surface area contributed by atoms with Crippen LogP contribution in [0.25, 0.3) is 0 Å². The summed E-state index contributed by atoms with van der Waals surface area (Å²) >= 11 is 2.92. The minimum atomic E-state index is -2.95. The van der Waals surface area contributed by atoms with Crippen molar-refractivity contribution in [2.75, 3.05) is 11.5 Å². The lowest BCUT2D eigenvalue weighted by atomic mass is 10.2. The summed E-state index contributed by atoms with van der Waals surface area (Å²) < 4.78 is 23.5. The molecular formula is C11H16N2O3S3. The van der Waals surface area contributed by atoms with E-state index in [2.05, 4.69) is 10.3 Å². The maximum absolute atomic E-state index is 12.0. The normalized spacial score (nSPS) is 23.2. The summed E-state index contributed by atoms with van der Waals surface area (Å²) in [7, 11) is -2.95. The number of rotatable bonds is 4. The summed E-state index contributed by atoms with van der Waals surface area (Å²) in [6.07, 6.45) is 0.516. The van der Waals surface area contributed by atoms with E-state index in [1.165, 1.54) is 23.1 Å². The van der Waals surface area contributed by atoms with Gasteiger partial charge in [-0.2, -0.15) is 0 Å². The van der Waals surface area contributed by atoms with Crippen molar-refractivity contribution >= 4 is 38.8 Å². The molecular weight excluding hydrogens is 304 g/mol. The highest BCUT2D eigenvalue weighted by atomic mass is 32.2. The largest absolute Gasteiger partial charge is 0.351 e. The molecule has 0 radical (unpaired) electrons. The molecule has 0 aromatic carbocycles. The van der Waals surface area contributed by atoms with E-state index in [4.69, 9.17) is 0 Å². The molecule has 1 saturated heterocycles. The van der Waals surface area contributed by atoms with Gasteiger partial charge in [-0.15, -0.1) is 11.3 Å². The topological polar surface area (TPSA) is 76.1 Å². The van der Waals surface area contributed by atoms with Crippen LogP contribution >= 0.6 is 23.1 Å². The predicted molar refractivity (Wildman–Crippen MR) is 77.4 cm³/mol. The summed E-state index contributed by atoms with van der Waals surface area (Å²) in [5.74, 6) is 0.109. The van der Waals surface area contributed by atoms with Crippen LogP contribution in [-0.2, 0) is 14.6 Å². The standard InChI is InChI=1S/C11H16N2O3S3/c1-7-5-17-11(12-7)18-8(2)10(14)13-9-3-4-19(15,16)6-9/h5,8-9H,3-4,6H2,1-2H3,(H,13,14). The molecule has 1 aromatic heterocycles. The Labute approximate surface area is 121 Å². The number of sulfone groups is 1. The first-order valence-corrected chi connectivity index (χ1v) is 9.53. The SMILES string of the molecule is Cc1csc(SC(C)C(=O)NC2CCS(=O)(=O)C2)n1. The van der Waals surface area contributed by atoms with Gasteiger partial charge in [0.2, 0.25) is 5.91 Å². The minimum absolute atomic E-state index is 0.0620. The van der Waals surface area contributed by atoms with Crippen molar-refractivity contribution in [1.82, 2.24) is 10.3 Å². The Morgan fingerprint density at radius 3 is 2.89 bits per heavy atom. The van der Waals surface area contributed by atoms with E-state index in [1.54, 1.807) is 6.92 Å². The number of carbonyl (C=O) groups is 1. The highest BCUT2D eigenvalue weighted by molar-refractivity contribution is 8.02. The Morgan fingerprint density at radius 2 is 2.37 bits per heavy atom. The molecule has 8 heteroatoms. The zero-order valence-electron chi connectivity index (χ0n) is 10.8. The van der Waals surface area contributed by atoms with Gasteiger partial charge in [-0.25, -0.2) is 13.4 Å². The molecule has 2 rings (SSSR count). The first-order chi connectivity index (χ1) is 8.85. The van der Waals surface area contributed by atoms with Gasteiger partial charge in [0.05, 0.1) is 16.8 Å². The number of nitrogens with one attached hydrogen (secondary N) is 1. The second kappa shape index (κ2) is 5.80. The molecule has 106 valence electrons. The Kier molecular flexibility index (Phi) is 4.52. The molecule has 1 N–H and O–H groups in total. The van der Waals surface area contributed by atoms with Crippen molar-refractivity contribution in [3.63, 3.8) is 0 Å². The zero-order valence-corrected chi connectivity index (χ0v) is 13.2. The summed E-state index contributed by atoms with van der Waals surface area (Å²) in [6.45, 7) is 3.72. The number of hydrogen-bond acceptors (Lipinski definition) is 6. The van der Waals surface area contributed by atoms with Crippen molar-refractivity contribution in [1.29, 1.82) is 0 Å². The lowest BCUT2D eigenvalue weighted by molar-refractivity contribution is -0.120. The van der Waals surface area contributed by atoms with Gasteiger partial charge in [0.25, 0.3) is 0 Å². The maximum Gasteiger partial charge on any atom is 0.233 e. The van der Waals surface area contributed by atoms with E-state index in [0.717, 1.165) is 10.0 Å². The molecule has 1 fully saturated rings. The Hall–Kier alpha value is -0.600. The number of aryl methyl sites for hydroxylation is 1. The minimum Gasteiger partial charge on any atom is -0.351 e. The molecule has 1 amide bonds. The molecule has 0 saturated carbocycles. The fourth-order valence-corrected chi connectivity index (χ4v) is 5.49. The third-order valence-corrected chi connectivity index (χ3v) is 6.78. The first-order valence-electron chi connectivity index (χ1n) is 5.95. The van der Waals surface area contributed by atoms with Crippen molar-refractivity contribution < 1.29 is 13.2 Å². The molecule has 2 heterocycles. The number of thioether (sulfide) groups is 1. The molecule has 1 aliphatic heterocycles. The van der Waals surface area contributed by atoms with Crippen LogP contribution in [-0.4, -0.2) is 42.1 Å². The lowest BCUT2D eigenvalue weighted by Gasteiger charge is -2.14. The number of thiazole rings is 1. The van der Waals surface area contributed by atoms with E-state index in [1.807, 2.05) is 12.3 Å². The van der Waals surface area contributed by atoms with Gasteiger partial charge in [-0.3, -0.25) is 4.79 Å². The smallest absolute Gasteiger partial charge is 0.233 e. The molecule has 1 aliphatic rings. The summed E-state index contributed by atoms with van der Waals surface area (Å²) in [5.41, 5.74) is 0.946. The van der Waals surface area contributed by atoms with Crippen LogP contribution in [0.3, 0.4) is 0 Å². The number of hydrogen-bond donors (Lipinski definition) is 1. The van der Waals surface area contributed by atoms with Crippen molar-refractivity contribution in [2.24, 2.45) is 0 Å². The van der Waals surface area contributed by atoms with Gasteiger partial charge in [-0.05, 0) is 20.3 Å². The van der Waals surface area contributed by atoms with E-state index < -0.39 is 9.84 Å². The van der Waals surface area contributed by atoms with Crippen molar-refractivity contribution in [2.45, 2.75) is 35.9 Å². The van der Waals surface area contributed by atoms with Crippen LogP contribution in [0.1, 0.15) is 19.0 Å². The predicted octanol–water partition coefficient (Wildman–Crippen LogP) is 1.24. The van der Waals surface area contributed by atoms with Crippen molar-refractivity contribution in [3.05, 3.63) is 11.1 Å². The average molecular weight is 320 g/mol. The molecule has 0 aliphatic carbocycles. The van der Waals surface area contributed by atoms with E-state index in [0.29, 0.717) is 6.42 Å². The van der Waals surface area contributed by atoms with Crippen molar-refractivity contribution in [3.8, 4) is 0 Å². The fraction of sp³-hybridized carbons (Fsp3) is 0.636. The Bertz CT molecular complexity index is 567. The number of amides is 1. The second-order valence-electron chi connectivity index (χ2n) is 4.62. The fourth-order valence-electron chi connectivity index (χ4n) is 1.82. The molecule has 19 heavy (non-hydrogen) atoms. The molecule has 5 nitrogen and oxygen atoms in total. The van der Waals surface area contributed by atoms with Gasteiger partial charge in [-0.1, -0.05) is 11.8 Å². The lowest BCUT2D eigenvalue weighted by Crippen LogP contribution is -2.39. The second-order valence-corrected chi connectivity index (χ2v) is 9.30. The summed E-state index contributed by atoms with van der Waals surface area (Å²) in [6, 6.07) is -0.237. The van der Waals surface area contributed by atoms with Gasteiger partial charge in [0.15, 0.2) is 14.2 Å². The zero-order chi connectivity index (χ0) is 14.0. The monoisotopic (exact) mass is 320 g/mol. The highest BCUT2D eigenvalue weighted by Crippen LogP contribution is 2.26. The molecule has 0 bridgehead atoms. The summed E-state index contributed by atoms with van der Waals surface area (Å²) in [5, 5.41) is 4.47. The third-order valence-electron chi connectivity index (χ3n) is 2.82. The van der Waals surface area contributed by atoms with Gasteiger partial charge in [0.1, 0.15) is 0 Å². The molecule has 0 spiro atoms. The third kappa shape index (κ3) is 4.19. The quantitative estimate of drug-likeness (QED) is 0.845. The van der Waals surface area contributed by atoms with Crippen LogP contribution in [0.4, 0.5) is 0 Å². The molecule has 1 aromatic rings. The van der Waals surface area contributed by atoms with E-state index in [9.17, 15) is 13.2 Å². The van der Waals surface area contributed by atoms with Gasteiger partial charge in [0, 0.05) is 17.1 Å². The summed E-state index contributed by atoms with van der Waals surface area (Å²) in [4.78, 5) is 16.3. The highest BCUT2D eigenvalue weighted by Gasteiger charge is 2.30. The average Bonchev–Trinajstić information content (AvgIpc) is 2.85. The Morgan fingerprint density at radius 1 is 1.63 bits per heavy atom. The Balaban J connectivity index is 1.86. The maximum atomic E-state index is 12.0. The van der Waals surface area contributed by atoms with E-state index in [-0.39, 0.29) is 28.7 Å². The van der Waals surface area contributed by atoms with Gasteiger partial charge < -0.3 is 5.32 Å². The number of aromatic nitrogens is 1. The molecule has 2 atom stereocenters. The van der Waals surface area contributed by atoms with Crippen LogP contribution in [0.2, 0.25) is 0 Å². The van der Waals surface area contributed by atoms with E-state index >= 15 is 0 Å². The number of carbonyl (C=O) groups excluding carboxylic acids is 1. The van der Waals surface area contributed by atoms with Crippen LogP contribution in [0.5, 0.6) is 0 Å². The van der Waals surface area contributed by atoms with Crippen LogP contribution in [0.15, 0.2) is 9.72 Å². The van der Waals surface area contributed by atoms with Gasteiger partial charge >= 0.3 is 0 Å². The van der Waals surface area contributed by atoms with Crippen LogP contribution in [0, 0.1) is 6.92 Å². The first kappa shape index (κ1) is 14.8.